The van der Waals surface area contributed by atoms with E-state index in [1.807, 2.05) is 0 Å². The van der Waals surface area contributed by atoms with Gasteiger partial charge in [0, 0.05) is 32.1 Å². The average Bonchev–Trinajstić information content (AvgIpc) is 2.72. The molecule has 154 valence electrons. The molecule has 0 unspecified atom stereocenters. The molecule has 1 aliphatic heterocycles. The Labute approximate surface area is 171 Å². The fraction of sp³-hybridized carbons (Fsp3) is 0.579. The SMILES string of the molecule is O=C(NCC(=O)N1CCN(S(=O)(=O)c2ccccc2Cl)CC1)C1CCCCC1. The molecule has 0 aromatic heterocycles. The molecule has 2 amide bonds. The van der Waals surface area contributed by atoms with Crippen molar-refractivity contribution in [1.29, 1.82) is 0 Å². The van der Waals surface area contributed by atoms with Gasteiger partial charge in [-0.1, -0.05) is 43.0 Å². The number of halogens is 1. The normalized spacial score (nSPS) is 19.4. The van der Waals surface area contributed by atoms with Crippen molar-refractivity contribution in [3.8, 4) is 0 Å². The number of amides is 2. The van der Waals surface area contributed by atoms with Crippen LogP contribution in [0.5, 0.6) is 0 Å². The highest BCUT2D eigenvalue weighted by Crippen LogP contribution is 2.25. The Kier molecular flexibility index (Phi) is 6.95. The molecule has 2 aliphatic rings. The molecule has 0 bridgehead atoms. The minimum Gasteiger partial charge on any atom is -0.347 e. The first-order chi connectivity index (χ1) is 13.4. The molecule has 1 heterocycles. The lowest BCUT2D eigenvalue weighted by molar-refractivity contribution is -0.135. The van der Waals surface area contributed by atoms with Gasteiger partial charge in [-0.15, -0.1) is 0 Å². The largest absolute Gasteiger partial charge is 0.347 e. The predicted molar refractivity (Wildman–Crippen MR) is 106 cm³/mol. The molecule has 1 N–H and O–H groups in total. The smallest absolute Gasteiger partial charge is 0.244 e. The van der Waals surface area contributed by atoms with Crippen LogP contribution in [0, 0.1) is 5.92 Å². The van der Waals surface area contributed by atoms with E-state index in [0.29, 0.717) is 13.1 Å². The summed E-state index contributed by atoms with van der Waals surface area (Å²) in [6.45, 7) is 0.960. The quantitative estimate of drug-likeness (QED) is 0.777. The van der Waals surface area contributed by atoms with Crippen LogP contribution in [0.2, 0.25) is 5.02 Å². The first-order valence-electron chi connectivity index (χ1n) is 9.70. The van der Waals surface area contributed by atoms with Crippen LogP contribution in [0.1, 0.15) is 32.1 Å². The van der Waals surface area contributed by atoms with Crippen LogP contribution in [-0.2, 0) is 19.6 Å². The highest BCUT2D eigenvalue weighted by atomic mass is 35.5. The molecule has 0 radical (unpaired) electrons. The van der Waals surface area contributed by atoms with E-state index in [9.17, 15) is 18.0 Å². The summed E-state index contributed by atoms with van der Waals surface area (Å²) in [4.78, 5) is 26.2. The van der Waals surface area contributed by atoms with Crippen molar-refractivity contribution in [2.75, 3.05) is 32.7 Å². The molecule has 1 saturated heterocycles. The number of nitrogens with zero attached hydrogens (tertiary/aromatic N) is 2. The van der Waals surface area contributed by atoms with E-state index in [0.717, 1.165) is 25.7 Å². The summed E-state index contributed by atoms with van der Waals surface area (Å²) in [6, 6.07) is 6.34. The third kappa shape index (κ3) is 4.85. The van der Waals surface area contributed by atoms with E-state index >= 15 is 0 Å². The Morgan fingerprint density at radius 1 is 1.04 bits per heavy atom. The second-order valence-corrected chi connectivity index (χ2v) is 9.58. The van der Waals surface area contributed by atoms with Gasteiger partial charge in [-0.05, 0) is 25.0 Å². The third-order valence-electron chi connectivity index (χ3n) is 5.44. The number of carbonyl (C=O) groups excluding carboxylic acids is 2. The van der Waals surface area contributed by atoms with Crippen LogP contribution in [0.15, 0.2) is 29.2 Å². The van der Waals surface area contributed by atoms with Gasteiger partial charge in [-0.3, -0.25) is 9.59 Å². The van der Waals surface area contributed by atoms with Crippen LogP contribution in [0.3, 0.4) is 0 Å². The summed E-state index contributed by atoms with van der Waals surface area (Å²) in [5, 5.41) is 2.93. The van der Waals surface area contributed by atoms with E-state index in [4.69, 9.17) is 11.6 Å². The zero-order valence-corrected chi connectivity index (χ0v) is 17.3. The molecule has 1 saturated carbocycles. The Morgan fingerprint density at radius 2 is 1.68 bits per heavy atom. The molecule has 7 nitrogen and oxygen atoms in total. The summed E-state index contributed by atoms with van der Waals surface area (Å²) < 4.78 is 26.9. The number of nitrogens with one attached hydrogen (secondary N) is 1. The Bertz CT molecular complexity index is 816. The van der Waals surface area contributed by atoms with Gasteiger partial charge in [-0.2, -0.15) is 4.31 Å². The van der Waals surface area contributed by atoms with Gasteiger partial charge < -0.3 is 10.2 Å². The van der Waals surface area contributed by atoms with Crippen LogP contribution in [0.4, 0.5) is 0 Å². The number of sulfonamides is 1. The zero-order valence-electron chi connectivity index (χ0n) is 15.8. The van der Waals surface area contributed by atoms with Gasteiger partial charge in [0.15, 0.2) is 0 Å². The second kappa shape index (κ2) is 9.24. The molecule has 0 atom stereocenters. The molecule has 2 fully saturated rings. The number of hydrogen-bond acceptors (Lipinski definition) is 4. The number of carbonyl (C=O) groups is 2. The van der Waals surface area contributed by atoms with Crippen molar-refractivity contribution in [1.82, 2.24) is 14.5 Å². The first-order valence-corrected chi connectivity index (χ1v) is 11.5. The van der Waals surface area contributed by atoms with Crippen molar-refractivity contribution in [2.45, 2.75) is 37.0 Å². The maximum atomic E-state index is 12.8. The summed E-state index contributed by atoms with van der Waals surface area (Å²) in [7, 11) is -3.69. The topological polar surface area (TPSA) is 86.8 Å². The highest BCUT2D eigenvalue weighted by Gasteiger charge is 2.31. The molecule has 1 aromatic carbocycles. The molecule has 1 aliphatic carbocycles. The van der Waals surface area contributed by atoms with E-state index in [-0.39, 0.29) is 47.3 Å². The Morgan fingerprint density at radius 3 is 2.32 bits per heavy atom. The lowest BCUT2D eigenvalue weighted by Crippen LogP contribution is -2.52. The number of hydrogen-bond donors (Lipinski definition) is 1. The maximum Gasteiger partial charge on any atom is 0.244 e. The van der Waals surface area contributed by atoms with Gasteiger partial charge in [0.2, 0.25) is 21.8 Å². The van der Waals surface area contributed by atoms with Crippen LogP contribution in [0.25, 0.3) is 0 Å². The number of piperazine rings is 1. The highest BCUT2D eigenvalue weighted by molar-refractivity contribution is 7.89. The lowest BCUT2D eigenvalue weighted by Gasteiger charge is -2.34. The van der Waals surface area contributed by atoms with E-state index in [1.54, 1.807) is 23.1 Å². The standard InChI is InChI=1S/C19H26ClN3O4S/c20-16-8-4-5-9-17(16)28(26,27)23-12-10-22(11-13-23)18(24)14-21-19(25)15-6-2-1-3-7-15/h4-5,8-9,15H,1-3,6-7,10-14H2,(H,21,25). The van der Waals surface area contributed by atoms with E-state index < -0.39 is 10.0 Å². The van der Waals surface area contributed by atoms with Crippen molar-refractivity contribution in [2.24, 2.45) is 5.92 Å². The summed E-state index contributed by atoms with van der Waals surface area (Å²) in [5.41, 5.74) is 0. The molecule has 0 spiro atoms. The fourth-order valence-corrected chi connectivity index (χ4v) is 5.67. The molecule has 9 heteroatoms. The zero-order chi connectivity index (χ0) is 20.1. The van der Waals surface area contributed by atoms with Crippen molar-refractivity contribution < 1.29 is 18.0 Å². The molecule has 3 rings (SSSR count). The van der Waals surface area contributed by atoms with Crippen LogP contribution >= 0.6 is 11.6 Å². The van der Waals surface area contributed by atoms with Gasteiger partial charge in [-0.25, -0.2) is 8.42 Å². The van der Waals surface area contributed by atoms with Gasteiger partial charge in [0.25, 0.3) is 0 Å². The molecular formula is C19H26ClN3O4S. The van der Waals surface area contributed by atoms with Crippen molar-refractivity contribution in [3.05, 3.63) is 29.3 Å². The van der Waals surface area contributed by atoms with Gasteiger partial charge in [0.05, 0.1) is 11.6 Å². The van der Waals surface area contributed by atoms with Crippen LogP contribution < -0.4 is 5.32 Å². The van der Waals surface area contributed by atoms with Crippen LogP contribution in [-0.4, -0.2) is 62.2 Å². The fourth-order valence-electron chi connectivity index (χ4n) is 3.75. The van der Waals surface area contributed by atoms with E-state index in [2.05, 4.69) is 5.32 Å². The number of rotatable bonds is 5. The Balaban J connectivity index is 1.50. The molecule has 28 heavy (non-hydrogen) atoms. The first kappa shape index (κ1) is 21.1. The van der Waals surface area contributed by atoms with Gasteiger partial charge in [0.1, 0.15) is 4.90 Å². The molecular weight excluding hydrogens is 402 g/mol. The molecule has 1 aromatic rings. The summed E-state index contributed by atoms with van der Waals surface area (Å²) >= 11 is 6.03. The second-order valence-electron chi connectivity index (χ2n) is 7.27. The summed E-state index contributed by atoms with van der Waals surface area (Å²) in [6.07, 6.45) is 5.07. The Hall–Kier alpha value is -1.64. The lowest BCUT2D eigenvalue weighted by atomic mass is 9.89. The maximum absolute atomic E-state index is 12.8. The van der Waals surface area contributed by atoms with E-state index in [1.165, 1.54) is 16.8 Å². The monoisotopic (exact) mass is 427 g/mol. The van der Waals surface area contributed by atoms with Crippen molar-refractivity contribution in [3.63, 3.8) is 0 Å². The summed E-state index contributed by atoms with van der Waals surface area (Å²) in [5.74, 6) is -0.217. The average molecular weight is 428 g/mol. The number of benzene rings is 1. The minimum absolute atomic E-state index is 0.0131. The minimum atomic E-state index is -3.69. The van der Waals surface area contributed by atoms with Crippen molar-refractivity contribution >= 4 is 33.4 Å². The van der Waals surface area contributed by atoms with Gasteiger partial charge >= 0.3 is 0 Å². The third-order valence-corrected chi connectivity index (χ3v) is 7.83. The predicted octanol–water partition coefficient (Wildman–Crippen LogP) is 1.87.